The Kier molecular flexibility index (Phi) is 7.51. The van der Waals surface area contributed by atoms with E-state index in [-0.39, 0.29) is 26.8 Å². The van der Waals surface area contributed by atoms with Crippen LogP contribution in [0.15, 0.2) is 150 Å². The minimum atomic E-state index is 0. The number of benzene rings is 5. The van der Waals surface area contributed by atoms with Gasteiger partial charge in [0, 0.05) is 38.0 Å². The third-order valence-corrected chi connectivity index (χ3v) is 8.63. The second-order valence-corrected chi connectivity index (χ2v) is 11.4. The van der Waals surface area contributed by atoms with E-state index in [2.05, 4.69) is 89.9 Å². The molecule has 0 saturated heterocycles. The maximum absolute atomic E-state index is 10.7. The topological polar surface area (TPSA) is 50.9 Å². The molecule has 0 spiro atoms. The molecule has 1 N–H and O–H groups in total. The van der Waals surface area contributed by atoms with E-state index in [4.69, 9.17) is 4.98 Å². The summed E-state index contributed by atoms with van der Waals surface area (Å²) in [5.74, 6) is 0.209. The van der Waals surface area contributed by atoms with Crippen LogP contribution in [0.3, 0.4) is 0 Å². The number of fused-ring (bicyclic) bond motifs is 4. The minimum absolute atomic E-state index is 0. The molecule has 0 aliphatic carbocycles. The predicted molar refractivity (Wildman–Crippen MR) is 176 cm³/mol. The number of hydrogen-bond donors (Lipinski definition) is 1. The number of pyridine rings is 2. The molecule has 0 unspecified atom stereocenters. The smallest absolute Gasteiger partial charge is 0.139 e. The third kappa shape index (κ3) is 4.98. The first-order chi connectivity index (χ1) is 21.2. The van der Waals surface area contributed by atoms with Crippen molar-refractivity contribution in [1.82, 2.24) is 14.5 Å². The molecule has 0 aliphatic heterocycles. The first-order valence-electron chi connectivity index (χ1n) is 14.1. The van der Waals surface area contributed by atoms with E-state index in [1.165, 1.54) is 16.3 Å². The molecule has 0 radical (unpaired) electrons. The van der Waals surface area contributed by atoms with Crippen LogP contribution in [-0.4, -0.2) is 19.6 Å². The Morgan fingerprint density at radius 3 is 2.36 bits per heavy atom. The van der Waals surface area contributed by atoms with Gasteiger partial charge in [0.1, 0.15) is 11.4 Å². The molecular formula is C38H24N3OPtS-. The number of phenolic OH excluding ortho intramolecular Hbond substituents is 1. The molecule has 44 heavy (non-hydrogen) atoms. The molecule has 0 fully saturated rings. The fourth-order valence-electron chi connectivity index (χ4n) is 5.77. The van der Waals surface area contributed by atoms with Crippen LogP contribution in [0, 0.1) is 6.07 Å². The van der Waals surface area contributed by atoms with Gasteiger partial charge in [0.05, 0.1) is 16.2 Å². The van der Waals surface area contributed by atoms with Gasteiger partial charge in [0.2, 0.25) is 0 Å². The summed E-state index contributed by atoms with van der Waals surface area (Å²) < 4.78 is 2.03. The normalized spacial score (nSPS) is 11.2. The Balaban J connectivity index is 0.00000312. The molecule has 0 aliphatic rings. The zero-order valence-electron chi connectivity index (χ0n) is 23.3. The van der Waals surface area contributed by atoms with Crippen LogP contribution < -0.4 is 0 Å². The summed E-state index contributed by atoms with van der Waals surface area (Å²) in [5.41, 5.74) is 6.51. The van der Waals surface area contributed by atoms with Crippen molar-refractivity contribution in [2.24, 2.45) is 0 Å². The van der Waals surface area contributed by atoms with Gasteiger partial charge in [-0.3, -0.25) is 9.55 Å². The van der Waals surface area contributed by atoms with Gasteiger partial charge < -0.3 is 5.11 Å². The molecular weight excluding hydrogens is 742 g/mol. The van der Waals surface area contributed by atoms with Crippen LogP contribution >= 0.6 is 11.8 Å². The molecule has 8 rings (SSSR count). The van der Waals surface area contributed by atoms with Crippen molar-refractivity contribution in [1.29, 1.82) is 0 Å². The largest absolute Gasteiger partial charge is 0.506 e. The number of nitrogens with zero attached hydrogens (tertiary/aromatic N) is 3. The average Bonchev–Trinajstić information content (AvgIpc) is 3.38. The van der Waals surface area contributed by atoms with Crippen molar-refractivity contribution in [2.45, 2.75) is 9.92 Å². The van der Waals surface area contributed by atoms with E-state index in [1.807, 2.05) is 59.3 Å². The zero-order chi connectivity index (χ0) is 28.8. The van der Waals surface area contributed by atoms with Gasteiger partial charge in [0.15, 0.2) is 0 Å². The zero-order valence-corrected chi connectivity index (χ0v) is 26.4. The predicted octanol–water partition coefficient (Wildman–Crippen LogP) is 9.72. The summed E-state index contributed by atoms with van der Waals surface area (Å²) in [4.78, 5) is 10.7. The summed E-state index contributed by atoms with van der Waals surface area (Å²) in [5, 5.41) is 16.2. The monoisotopic (exact) mass is 765 g/mol. The van der Waals surface area contributed by atoms with Crippen molar-refractivity contribution in [3.63, 3.8) is 0 Å². The molecule has 8 aromatic rings. The molecule has 3 aromatic heterocycles. The van der Waals surface area contributed by atoms with Gasteiger partial charge in [-0.1, -0.05) is 102 Å². The minimum Gasteiger partial charge on any atom is -0.506 e. The van der Waals surface area contributed by atoms with E-state index in [9.17, 15) is 5.11 Å². The second kappa shape index (κ2) is 11.8. The quantitative estimate of drug-likeness (QED) is 0.178. The van der Waals surface area contributed by atoms with Crippen molar-refractivity contribution >= 4 is 44.5 Å². The van der Waals surface area contributed by atoms with Gasteiger partial charge in [-0.2, -0.15) is 0 Å². The first-order valence-corrected chi connectivity index (χ1v) is 14.9. The van der Waals surface area contributed by atoms with Crippen LogP contribution in [0.25, 0.3) is 60.8 Å². The van der Waals surface area contributed by atoms with Gasteiger partial charge in [-0.25, -0.2) is 4.98 Å². The molecule has 0 amide bonds. The summed E-state index contributed by atoms with van der Waals surface area (Å²) in [6.45, 7) is 0. The molecule has 5 aromatic carbocycles. The van der Waals surface area contributed by atoms with Crippen molar-refractivity contribution in [3.05, 3.63) is 146 Å². The SMILES string of the molecule is Oc1ccccc1-n1c2ccccc2c2ccc(-c3[c-]c(Sc4cc(-c5cccc6ccccc56)ccn4)ccc3)nc21.[Pt]. The third-order valence-electron chi connectivity index (χ3n) is 7.74. The summed E-state index contributed by atoms with van der Waals surface area (Å²) >= 11 is 1.59. The van der Waals surface area contributed by atoms with Crippen LogP contribution in [0.5, 0.6) is 5.75 Å². The second-order valence-electron chi connectivity index (χ2n) is 10.3. The standard InChI is InChI=1S/C38H24N3OS.Pt/c42-36-18-6-5-17-35(36)41-34-16-4-3-14-31(34)32-19-20-33(40-38(32)41)27-11-7-12-28(23-27)43-37-24-26(21-22-39-37)30-15-8-10-25-9-1-2-13-29(25)30;/h1-22,24,42H;/q-1;. The van der Waals surface area contributed by atoms with E-state index in [0.29, 0.717) is 5.69 Å². The van der Waals surface area contributed by atoms with Crippen LogP contribution in [0.1, 0.15) is 0 Å². The Morgan fingerprint density at radius 1 is 0.682 bits per heavy atom. The van der Waals surface area contributed by atoms with Crippen LogP contribution in [0.4, 0.5) is 0 Å². The van der Waals surface area contributed by atoms with Crippen molar-refractivity contribution < 1.29 is 26.2 Å². The molecule has 0 atom stereocenters. The average molecular weight is 766 g/mol. The number of para-hydroxylation sites is 3. The fourth-order valence-corrected chi connectivity index (χ4v) is 6.60. The Labute approximate surface area is 273 Å². The Hall–Kier alpha value is -4.70. The number of aromatic nitrogens is 3. The van der Waals surface area contributed by atoms with Gasteiger partial charge in [-0.05, 0) is 57.9 Å². The number of aromatic hydroxyl groups is 1. The Morgan fingerprint density at radius 2 is 1.45 bits per heavy atom. The summed E-state index contributed by atoms with van der Waals surface area (Å²) in [6, 6.07) is 48.5. The first kappa shape index (κ1) is 28.1. The number of rotatable bonds is 5. The van der Waals surface area contributed by atoms with E-state index >= 15 is 0 Å². The molecule has 0 bridgehead atoms. The molecule has 0 saturated carbocycles. The van der Waals surface area contributed by atoms with E-state index < -0.39 is 0 Å². The number of phenols is 1. The maximum Gasteiger partial charge on any atom is 0.139 e. The van der Waals surface area contributed by atoms with Gasteiger partial charge in [0.25, 0.3) is 0 Å². The van der Waals surface area contributed by atoms with Gasteiger partial charge in [-0.15, -0.1) is 29.8 Å². The molecule has 3 heterocycles. The Bertz CT molecular complexity index is 2310. The molecule has 6 heteroatoms. The van der Waals surface area contributed by atoms with E-state index in [0.717, 1.165) is 48.7 Å². The maximum atomic E-state index is 10.7. The molecule has 214 valence electrons. The van der Waals surface area contributed by atoms with E-state index in [1.54, 1.807) is 17.8 Å². The summed E-state index contributed by atoms with van der Waals surface area (Å²) in [7, 11) is 0. The van der Waals surface area contributed by atoms with Crippen molar-refractivity contribution in [3.8, 4) is 33.8 Å². The number of hydrogen-bond acceptors (Lipinski definition) is 4. The van der Waals surface area contributed by atoms with Crippen molar-refractivity contribution in [2.75, 3.05) is 0 Å². The van der Waals surface area contributed by atoms with Gasteiger partial charge >= 0.3 is 0 Å². The fraction of sp³-hybridized carbons (Fsp3) is 0. The molecule has 4 nitrogen and oxygen atoms in total. The van der Waals surface area contributed by atoms with Crippen LogP contribution in [0.2, 0.25) is 0 Å². The summed E-state index contributed by atoms with van der Waals surface area (Å²) in [6.07, 6.45) is 1.87. The van der Waals surface area contributed by atoms with Crippen LogP contribution in [-0.2, 0) is 21.1 Å².